The standard InChI is InChI=1S/C16H16/c1-2-6-12-11(5-1)9-10-15-13-7-3-4-8-14(13)16(12)15/h1-2,5-6,9-10,13-14H,3-4,7-8H2/t13-,14+/m1/s1. The van der Waals surface area contributed by atoms with Gasteiger partial charge in [-0.1, -0.05) is 49.2 Å². The summed E-state index contributed by atoms with van der Waals surface area (Å²) >= 11 is 0. The first-order chi connectivity index (χ1) is 7.95. The number of hydrogen-bond acceptors (Lipinski definition) is 0. The van der Waals surface area contributed by atoms with Crippen molar-refractivity contribution in [3.63, 3.8) is 0 Å². The first-order valence-electron chi connectivity index (χ1n) is 6.47. The van der Waals surface area contributed by atoms with Crippen LogP contribution in [0.3, 0.4) is 0 Å². The van der Waals surface area contributed by atoms with Gasteiger partial charge in [0, 0.05) is 0 Å². The van der Waals surface area contributed by atoms with Gasteiger partial charge in [-0.05, 0) is 46.6 Å². The van der Waals surface area contributed by atoms with Crippen LogP contribution in [-0.4, -0.2) is 0 Å². The topological polar surface area (TPSA) is 0 Å². The fourth-order valence-corrected chi connectivity index (χ4v) is 3.80. The van der Waals surface area contributed by atoms with Crippen LogP contribution in [-0.2, 0) is 0 Å². The third kappa shape index (κ3) is 1.000. The van der Waals surface area contributed by atoms with E-state index in [1.54, 1.807) is 11.1 Å². The summed E-state index contributed by atoms with van der Waals surface area (Å²) in [5, 5.41) is 2.94. The predicted octanol–water partition coefficient (Wildman–Crippen LogP) is 4.59. The van der Waals surface area contributed by atoms with Crippen LogP contribution in [0.4, 0.5) is 0 Å². The molecule has 2 aliphatic rings. The molecule has 16 heavy (non-hydrogen) atoms. The van der Waals surface area contributed by atoms with E-state index in [-0.39, 0.29) is 0 Å². The largest absolute Gasteiger partial charge is 0.0616 e. The molecule has 0 aliphatic heterocycles. The van der Waals surface area contributed by atoms with Crippen molar-refractivity contribution >= 4 is 10.8 Å². The van der Waals surface area contributed by atoms with Gasteiger partial charge in [-0.25, -0.2) is 0 Å². The van der Waals surface area contributed by atoms with Crippen molar-refractivity contribution in [2.75, 3.05) is 0 Å². The van der Waals surface area contributed by atoms with Crippen molar-refractivity contribution in [2.45, 2.75) is 37.5 Å². The van der Waals surface area contributed by atoms with Gasteiger partial charge in [0.2, 0.25) is 0 Å². The summed E-state index contributed by atoms with van der Waals surface area (Å²) in [6.45, 7) is 0. The fraction of sp³-hybridized carbons (Fsp3) is 0.375. The van der Waals surface area contributed by atoms with Gasteiger partial charge in [-0.15, -0.1) is 0 Å². The number of hydrogen-bond donors (Lipinski definition) is 0. The van der Waals surface area contributed by atoms with Crippen LogP contribution in [0.2, 0.25) is 0 Å². The Hall–Kier alpha value is -1.30. The normalized spacial score (nSPS) is 27.0. The lowest BCUT2D eigenvalue weighted by atomic mass is 9.60. The first-order valence-corrected chi connectivity index (χ1v) is 6.47. The lowest BCUT2D eigenvalue weighted by molar-refractivity contribution is 0.344. The summed E-state index contributed by atoms with van der Waals surface area (Å²) in [6, 6.07) is 13.6. The maximum Gasteiger partial charge on any atom is -0.00840 e. The van der Waals surface area contributed by atoms with Crippen LogP contribution in [0.25, 0.3) is 10.8 Å². The Bertz CT molecular complexity index is 553. The summed E-state index contributed by atoms with van der Waals surface area (Å²) in [4.78, 5) is 0. The summed E-state index contributed by atoms with van der Waals surface area (Å²) in [5.74, 6) is 1.78. The molecule has 0 N–H and O–H groups in total. The van der Waals surface area contributed by atoms with E-state index in [0.29, 0.717) is 0 Å². The highest BCUT2D eigenvalue weighted by molar-refractivity contribution is 5.89. The molecule has 0 radical (unpaired) electrons. The second kappa shape index (κ2) is 3.10. The van der Waals surface area contributed by atoms with Crippen LogP contribution >= 0.6 is 0 Å². The number of benzene rings is 2. The maximum atomic E-state index is 2.38. The number of rotatable bonds is 0. The molecule has 2 aliphatic carbocycles. The molecule has 0 bridgehead atoms. The SMILES string of the molecule is c1ccc2c3c(ccc2c1)[C@@H]1CCCC[C@H]31. The molecule has 80 valence electrons. The van der Waals surface area contributed by atoms with Gasteiger partial charge in [0.1, 0.15) is 0 Å². The zero-order valence-electron chi connectivity index (χ0n) is 9.45. The lowest BCUT2D eigenvalue weighted by Crippen LogP contribution is -2.27. The van der Waals surface area contributed by atoms with Crippen LogP contribution in [0.1, 0.15) is 48.6 Å². The Labute approximate surface area is 96.3 Å². The van der Waals surface area contributed by atoms with Crippen molar-refractivity contribution in [3.05, 3.63) is 47.5 Å². The predicted molar refractivity (Wildman–Crippen MR) is 67.9 cm³/mol. The summed E-state index contributed by atoms with van der Waals surface area (Å²) < 4.78 is 0. The van der Waals surface area contributed by atoms with Crippen LogP contribution in [0.5, 0.6) is 0 Å². The van der Waals surface area contributed by atoms with Crippen molar-refractivity contribution in [2.24, 2.45) is 0 Å². The average molecular weight is 208 g/mol. The molecule has 0 spiro atoms. The van der Waals surface area contributed by atoms with Gasteiger partial charge in [0.05, 0.1) is 0 Å². The second-order valence-electron chi connectivity index (χ2n) is 5.29. The number of fused-ring (bicyclic) bond motifs is 6. The third-order valence-corrected chi connectivity index (χ3v) is 4.54. The molecule has 0 unspecified atom stereocenters. The Balaban J connectivity index is 1.98. The minimum absolute atomic E-state index is 0.884. The van der Waals surface area contributed by atoms with E-state index < -0.39 is 0 Å². The molecule has 1 fully saturated rings. The molecular weight excluding hydrogens is 192 g/mol. The summed E-state index contributed by atoms with van der Waals surface area (Å²) in [7, 11) is 0. The molecule has 4 rings (SSSR count). The third-order valence-electron chi connectivity index (χ3n) is 4.54. The fourth-order valence-electron chi connectivity index (χ4n) is 3.80. The Morgan fingerprint density at radius 1 is 0.812 bits per heavy atom. The molecule has 2 aromatic carbocycles. The monoisotopic (exact) mass is 208 g/mol. The van der Waals surface area contributed by atoms with E-state index in [1.807, 2.05) is 0 Å². The molecule has 0 saturated heterocycles. The highest BCUT2D eigenvalue weighted by Crippen LogP contribution is 2.56. The lowest BCUT2D eigenvalue weighted by Gasteiger charge is -2.44. The Morgan fingerprint density at radius 3 is 2.56 bits per heavy atom. The van der Waals surface area contributed by atoms with Gasteiger partial charge < -0.3 is 0 Å². The molecule has 0 aromatic heterocycles. The highest BCUT2D eigenvalue weighted by Gasteiger charge is 2.39. The van der Waals surface area contributed by atoms with E-state index in [1.165, 1.54) is 36.5 Å². The van der Waals surface area contributed by atoms with Crippen molar-refractivity contribution < 1.29 is 0 Å². The van der Waals surface area contributed by atoms with Crippen molar-refractivity contribution in [1.29, 1.82) is 0 Å². The molecule has 0 heterocycles. The molecule has 2 aromatic rings. The smallest absolute Gasteiger partial charge is 0.00840 e. The molecule has 0 nitrogen and oxygen atoms in total. The van der Waals surface area contributed by atoms with Gasteiger partial charge >= 0.3 is 0 Å². The van der Waals surface area contributed by atoms with Crippen LogP contribution in [0.15, 0.2) is 36.4 Å². The maximum absolute atomic E-state index is 2.38. The van der Waals surface area contributed by atoms with Gasteiger partial charge in [0.15, 0.2) is 0 Å². The van der Waals surface area contributed by atoms with E-state index in [2.05, 4.69) is 36.4 Å². The van der Waals surface area contributed by atoms with Gasteiger partial charge in [0.25, 0.3) is 0 Å². The molecule has 1 saturated carbocycles. The first kappa shape index (κ1) is 8.81. The average Bonchev–Trinajstić information content (AvgIpc) is 2.34. The second-order valence-corrected chi connectivity index (χ2v) is 5.29. The molecule has 2 atom stereocenters. The summed E-state index contributed by atoms with van der Waals surface area (Å²) in [5.41, 5.74) is 3.34. The highest BCUT2D eigenvalue weighted by atomic mass is 14.4. The molecule has 0 amide bonds. The quantitative estimate of drug-likeness (QED) is 0.593. The zero-order valence-corrected chi connectivity index (χ0v) is 9.45. The molecule has 0 heteroatoms. The van der Waals surface area contributed by atoms with Gasteiger partial charge in [-0.2, -0.15) is 0 Å². The van der Waals surface area contributed by atoms with E-state index in [4.69, 9.17) is 0 Å². The van der Waals surface area contributed by atoms with Gasteiger partial charge in [-0.3, -0.25) is 0 Å². The Morgan fingerprint density at radius 2 is 1.62 bits per heavy atom. The Kier molecular flexibility index (Phi) is 1.71. The van der Waals surface area contributed by atoms with E-state index >= 15 is 0 Å². The van der Waals surface area contributed by atoms with Crippen molar-refractivity contribution in [1.82, 2.24) is 0 Å². The minimum atomic E-state index is 0.884. The van der Waals surface area contributed by atoms with Crippen LogP contribution in [0, 0.1) is 0 Å². The van der Waals surface area contributed by atoms with E-state index in [0.717, 1.165) is 11.8 Å². The minimum Gasteiger partial charge on any atom is -0.0616 e. The molecular formula is C16H16. The summed E-state index contributed by atoms with van der Waals surface area (Å²) in [6.07, 6.45) is 5.72. The van der Waals surface area contributed by atoms with Crippen molar-refractivity contribution in [3.8, 4) is 0 Å². The van der Waals surface area contributed by atoms with E-state index in [9.17, 15) is 0 Å². The van der Waals surface area contributed by atoms with Crippen LogP contribution < -0.4 is 0 Å². The zero-order chi connectivity index (χ0) is 10.5.